The number of nitro benzene ring substituents is 1. The fourth-order valence-electron chi connectivity index (χ4n) is 2.81. The van der Waals surface area contributed by atoms with Gasteiger partial charge in [0.15, 0.2) is 0 Å². The summed E-state index contributed by atoms with van der Waals surface area (Å²) in [6.45, 7) is 0.595. The van der Waals surface area contributed by atoms with E-state index in [0.717, 1.165) is 24.8 Å². The summed E-state index contributed by atoms with van der Waals surface area (Å²) >= 11 is 0. The first-order valence-corrected chi connectivity index (χ1v) is 7.69. The van der Waals surface area contributed by atoms with E-state index in [1.54, 1.807) is 12.1 Å². The minimum Gasteiger partial charge on any atom is -0.355 e. The van der Waals surface area contributed by atoms with Crippen molar-refractivity contribution in [3.05, 3.63) is 75.8 Å². The highest BCUT2D eigenvalue weighted by Gasteiger charge is 2.51. The number of nitro groups is 1. The predicted octanol–water partition coefficient (Wildman–Crippen LogP) is 2.99. The second-order valence-corrected chi connectivity index (χ2v) is 5.88. The smallest absolute Gasteiger partial charge is 0.269 e. The summed E-state index contributed by atoms with van der Waals surface area (Å²) in [5.41, 5.74) is 1.61. The molecule has 118 valence electrons. The molecule has 1 amide bonds. The molecule has 0 heterocycles. The molecule has 0 bridgehead atoms. The molecule has 1 saturated carbocycles. The van der Waals surface area contributed by atoms with Crippen LogP contribution in [0.15, 0.2) is 54.6 Å². The summed E-state index contributed by atoms with van der Waals surface area (Å²) in [6.07, 6.45) is 2.38. The van der Waals surface area contributed by atoms with Gasteiger partial charge in [-0.2, -0.15) is 0 Å². The van der Waals surface area contributed by atoms with E-state index in [2.05, 4.69) is 5.32 Å². The van der Waals surface area contributed by atoms with Crippen LogP contribution in [0.3, 0.4) is 0 Å². The van der Waals surface area contributed by atoms with Gasteiger partial charge in [-0.05, 0) is 30.4 Å². The van der Waals surface area contributed by atoms with Crippen molar-refractivity contribution in [3.8, 4) is 0 Å². The van der Waals surface area contributed by atoms with Crippen molar-refractivity contribution < 1.29 is 9.72 Å². The summed E-state index contributed by atoms with van der Waals surface area (Å²) < 4.78 is 0. The maximum Gasteiger partial charge on any atom is 0.269 e. The normalized spacial score (nSPS) is 15.0. The summed E-state index contributed by atoms with van der Waals surface area (Å²) in [4.78, 5) is 22.8. The zero-order chi connectivity index (χ0) is 16.3. The second kappa shape index (κ2) is 6.20. The zero-order valence-electron chi connectivity index (χ0n) is 12.7. The fourth-order valence-corrected chi connectivity index (χ4v) is 2.81. The number of carbonyl (C=O) groups excluding carboxylic acids is 1. The second-order valence-electron chi connectivity index (χ2n) is 5.88. The lowest BCUT2D eigenvalue weighted by Gasteiger charge is -2.15. The Kier molecular flexibility index (Phi) is 4.10. The van der Waals surface area contributed by atoms with E-state index >= 15 is 0 Å². The van der Waals surface area contributed by atoms with Gasteiger partial charge in [-0.1, -0.05) is 42.5 Å². The number of nitrogens with one attached hydrogen (secondary N) is 1. The van der Waals surface area contributed by atoms with Gasteiger partial charge < -0.3 is 5.32 Å². The van der Waals surface area contributed by atoms with Gasteiger partial charge in [0.25, 0.3) is 5.69 Å². The molecule has 2 aromatic rings. The van der Waals surface area contributed by atoms with Gasteiger partial charge in [-0.15, -0.1) is 0 Å². The molecule has 23 heavy (non-hydrogen) atoms. The number of amides is 1. The Morgan fingerprint density at radius 3 is 2.30 bits per heavy atom. The number of carbonyl (C=O) groups is 1. The molecule has 1 aliphatic rings. The van der Waals surface area contributed by atoms with Crippen LogP contribution in [0.1, 0.15) is 24.0 Å². The third kappa shape index (κ3) is 3.23. The van der Waals surface area contributed by atoms with Crippen molar-refractivity contribution in [2.75, 3.05) is 6.54 Å². The van der Waals surface area contributed by atoms with Crippen molar-refractivity contribution in [1.29, 1.82) is 0 Å². The molecule has 0 saturated heterocycles. The van der Waals surface area contributed by atoms with E-state index in [1.165, 1.54) is 17.7 Å². The zero-order valence-corrected chi connectivity index (χ0v) is 12.7. The molecule has 1 aliphatic carbocycles. The lowest BCUT2D eigenvalue weighted by Crippen LogP contribution is -2.35. The molecule has 1 N–H and O–H groups in total. The van der Waals surface area contributed by atoms with Crippen LogP contribution in [-0.4, -0.2) is 17.4 Å². The largest absolute Gasteiger partial charge is 0.355 e. The highest BCUT2D eigenvalue weighted by molar-refractivity contribution is 5.91. The van der Waals surface area contributed by atoms with Gasteiger partial charge >= 0.3 is 0 Å². The standard InChI is InChI=1S/C18H18N2O3/c21-17(19-13-10-14-4-2-1-3-5-14)18(11-12-18)15-6-8-16(9-7-15)20(22)23/h1-9H,10-13H2,(H,19,21). The van der Waals surface area contributed by atoms with Gasteiger partial charge in [0.05, 0.1) is 10.3 Å². The molecule has 0 aromatic heterocycles. The minimum atomic E-state index is -0.494. The van der Waals surface area contributed by atoms with Crippen molar-refractivity contribution in [3.63, 3.8) is 0 Å². The van der Waals surface area contributed by atoms with Crippen LogP contribution in [0, 0.1) is 10.1 Å². The van der Waals surface area contributed by atoms with E-state index < -0.39 is 10.3 Å². The summed E-state index contributed by atoms with van der Waals surface area (Å²) in [5, 5.41) is 13.7. The van der Waals surface area contributed by atoms with Crippen molar-refractivity contribution in [2.24, 2.45) is 0 Å². The van der Waals surface area contributed by atoms with E-state index in [0.29, 0.717) is 6.54 Å². The lowest BCUT2D eigenvalue weighted by molar-refractivity contribution is -0.384. The summed E-state index contributed by atoms with van der Waals surface area (Å²) in [7, 11) is 0. The molecule has 1 fully saturated rings. The first-order chi connectivity index (χ1) is 11.1. The first kappa shape index (κ1) is 15.2. The van der Waals surface area contributed by atoms with Gasteiger partial charge in [0, 0.05) is 18.7 Å². The highest BCUT2D eigenvalue weighted by atomic mass is 16.6. The van der Waals surface area contributed by atoms with Gasteiger partial charge in [0.2, 0.25) is 5.91 Å². The Morgan fingerprint density at radius 2 is 1.74 bits per heavy atom. The third-order valence-corrected chi connectivity index (χ3v) is 4.36. The fraction of sp³-hybridized carbons (Fsp3) is 0.278. The molecule has 0 unspecified atom stereocenters. The first-order valence-electron chi connectivity index (χ1n) is 7.69. The van der Waals surface area contributed by atoms with E-state index in [4.69, 9.17) is 0 Å². The molecule has 0 aliphatic heterocycles. The number of nitrogens with zero attached hydrogens (tertiary/aromatic N) is 1. The molecular formula is C18H18N2O3. The predicted molar refractivity (Wildman–Crippen MR) is 87.2 cm³/mol. The molecular weight excluding hydrogens is 292 g/mol. The van der Waals surface area contributed by atoms with Crippen LogP contribution in [0.5, 0.6) is 0 Å². The highest BCUT2D eigenvalue weighted by Crippen LogP contribution is 2.48. The summed E-state index contributed by atoms with van der Waals surface area (Å²) in [5.74, 6) is 0.0160. The van der Waals surface area contributed by atoms with Gasteiger partial charge in [0.1, 0.15) is 0 Å². The van der Waals surface area contributed by atoms with Crippen LogP contribution in [0.2, 0.25) is 0 Å². The van der Waals surface area contributed by atoms with Crippen LogP contribution in [0.25, 0.3) is 0 Å². The maximum atomic E-state index is 12.5. The molecule has 3 rings (SSSR count). The van der Waals surface area contributed by atoms with Crippen molar-refractivity contribution in [1.82, 2.24) is 5.32 Å². The van der Waals surface area contributed by atoms with Crippen LogP contribution in [-0.2, 0) is 16.6 Å². The van der Waals surface area contributed by atoms with Gasteiger partial charge in [-0.25, -0.2) is 0 Å². The topological polar surface area (TPSA) is 72.2 Å². The molecule has 2 aromatic carbocycles. The third-order valence-electron chi connectivity index (χ3n) is 4.36. The molecule has 0 atom stereocenters. The van der Waals surface area contributed by atoms with Crippen molar-refractivity contribution in [2.45, 2.75) is 24.7 Å². The number of hydrogen-bond donors (Lipinski definition) is 1. The Balaban J connectivity index is 1.61. The van der Waals surface area contributed by atoms with E-state index in [1.807, 2.05) is 30.3 Å². The van der Waals surface area contributed by atoms with Crippen LogP contribution in [0.4, 0.5) is 5.69 Å². The number of benzene rings is 2. The minimum absolute atomic E-state index is 0.0160. The van der Waals surface area contributed by atoms with Gasteiger partial charge in [-0.3, -0.25) is 14.9 Å². The van der Waals surface area contributed by atoms with Crippen LogP contribution >= 0.6 is 0 Å². The average Bonchev–Trinajstić information content (AvgIpc) is 3.38. The Bertz CT molecular complexity index is 707. The Labute approximate surface area is 134 Å². The molecule has 0 radical (unpaired) electrons. The monoisotopic (exact) mass is 310 g/mol. The molecule has 0 spiro atoms. The van der Waals surface area contributed by atoms with E-state index in [9.17, 15) is 14.9 Å². The molecule has 5 nitrogen and oxygen atoms in total. The van der Waals surface area contributed by atoms with E-state index in [-0.39, 0.29) is 11.6 Å². The molecule has 5 heteroatoms. The average molecular weight is 310 g/mol. The number of hydrogen-bond acceptors (Lipinski definition) is 3. The Morgan fingerprint density at radius 1 is 1.09 bits per heavy atom. The lowest BCUT2D eigenvalue weighted by atomic mass is 9.94. The number of non-ortho nitro benzene ring substituents is 1. The Hall–Kier alpha value is -2.69. The summed E-state index contributed by atoms with van der Waals surface area (Å²) in [6, 6.07) is 16.3. The quantitative estimate of drug-likeness (QED) is 0.658. The number of rotatable bonds is 6. The van der Waals surface area contributed by atoms with Crippen LogP contribution < -0.4 is 5.32 Å². The van der Waals surface area contributed by atoms with Crippen molar-refractivity contribution >= 4 is 11.6 Å². The maximum absolute atomic E-state index is 12.5. The SMILES string of the molecule is O=C(NCCc1ccccc1)C1(c2ccc([N+](=O)[O-])cc2)CC1.